The first-order valence-electron chi connectivity index (χ1n) is 9.64. The van der Waals surface area contributed by atoms with Gasteiger partial charge in [0.05, 0.1) is 7.11 Å². The van der Waals surface area contributed by atoms with Crippen molar-refractivity contribution in [1.29, 1.82) is 0 Å². The highest BCUT2D eigenvalue weighted by Crippen LogP contribution is 2.48. The number of nitrogens with one attached hydrogen (secondary N) is 1. The number of amides is 1. The van der Waals surface area contributed by atoms with Gasteiger partial charge in [-0.05, 0) is 54.4 Å². The number of hydrogen-bond donors (Lipinski definition) is 1. The third-order valence-corrected chi connectivity index (χ3v) is 6.31. The molecule has 1 amide bonds. The molecule has 2 aromatic rings. The summed E-state index contributed by atoms with van der Waals surface area (Å²) in [5.41, 5.74) is 1.42. The molecule has 1 saturated carbocycles. The van der Waals surface area contributed by atoms with Gasteiger partial charge in [0, 0.05) is 31.2 Å². The fourth-order valence-corrected chi connectivity index (χ4v) is 4.57. The van der Waals surface area contributed by atoms with E-state index in [4.69, 9.17) is 9.47 Å². The summed E-state index contributed by atoms with van der Waals surface area (Å²) in [6, 6.07) is 12.7. The van der Waals surface area contributed by atoms with E-state index in [1.54, 1.807) is 7.11 Å². The highest BCUT2D eigenvalue weighted by molar-refractivity contribution is 5.88. The van der Waals surface area contributed by atoms with Crippen LogP contribution < -0.4 is 10.1 Å². The molecule has 138 valence electrons. The summed E-state index contributed by atoms with van der Waals surface area (Å²) >= 11 is 0. The van der Waals surface area contributed by atoms with Crippen molar-refractivity contribution in [3.63, 3.8) is 0 Å². The number of benzene rings is 2. The molecule has 1 aliphatic heterocycles. The topological polar surface area (TPSA) is 47.6 Å². The molecule has 1 N–H and O–H groups in total. The zero-order chi connectivity index (χ0) is 18.0. The van der Waals surface area contributed by atoms with Crippen molar-refractivity contribution in [2.75, 3.05) is 20.3 Å². The van der Waals surface area contributed by atoms with Crippen LogP contribution >= 0.6 is 0 Å². The van der Waals surface area contributed by atoms with Crippen LogP contribution in [0.3, 0.4) is 0 Å². The summed E-state index contributed by atoms with van der Waals surface area (Å²) in [7, 11) is 1.69. The number of ether oxygens (including phenoxy) is 2. The third-order valence-electron chi connectivity index (χ3n) is 6.31. The Kier molecular flexibility index (Phi) is 4.86. The molecule has 0 aromatic heterocycles. The van der Waals surface area contributed by atoms with Crippen LogP contribution in [0, 0.1) is 5.41 Å². The lowest BCUT2D eigenvalue weighted by Crippen LogP contribution is -2.57. The second-order valence-electron chi connectivity index (χ2n) is 7.60. The van der Waals surface area contributed by atoms with Crippen LogP contribution in [-0.4, -0.2) is 32.3 Å². The van der Waals surface area contributed by atoms with Crippen molar-refractivity contribution in [2.24, 2.45) is 5.41 Å². The molecule has 1 heterocycles. The van der Waals surface area contributed by atoms with Gasteiger partial charge in [0.25, 0.3) is 0 Å². The minimum atomic E-state index is 0.149. The summed E-state index contributed by atoms with van der Waals surface area (Å²) in [4.78, 5) is 12.6. The lowest BCUT2D eigenvalue weighted by atomic mass is 9.60. The van der Waals surface area contributed by atoms with Gasteiger partial charge < -0.3 is 14.8 Å². The maximum absolute atomic E-state index is 12.6. The maximum Gasteiger partial charge on any atom is 0.220 e. The summed E-state index contributed by atoms with van der Waals surface area (Å²) in [5, 5.41) is 5.65. The Bertz CT molecular complexity index is 795. The number of aryl methyl sites for hydroxylation is 1. The Morgan fingerprint density at radius 3 is 2.73 bits per heavy atom. The van der Waals surface area contributed by atoms with Crippen molar-refractivity contribution in [1.82, 2.24) is 5.32 Å². The molecule has 2 fully saturated rings. The van der Waals surface area contributed by atoms with E-state index in [0.717, 1.165) is 43.8 Å². The monoisotopic (exact) mass is 353 g/mol. The van der Waals surface area contributed by atoms with Crippen LogP contribution in [0.25, 0.3) is 10.8 Å². The SMILES string of the molecule is COc1ccc2ccccc2c1CCC(=O)NC1CCC12CCOCC2. The Morgan fingerprint density at radius 2 is 2.00 bits per heavy atom. The first-order valence-corrected chi connectivity index (χ1v) is 9.64. The predicted octanol–water partition coefficient (Wildman–Crippen LogP) is 3.86. The molecule has 0 bridgehead atoms. The number of fused-ring (bicyclic) bond motifs is 1. The van der Waals surface area contributed by atoms with Gasteiger partial charge in [-0.15, -0.1) is 0 Å². The van der Waals surface area contributed by atoms with Gasteiger partial charge >= 0.3 is 0 Å². The van der Waals surface area contributed by atoms with Crippen molar-refractivity contribution in [2.45, 2.75) is 44.6 Å². The maximum atomic E-state index is 12.6. The van der Waals surface area contributed by atoms with Gasteiger partial charge in [-0.3, -0.25) is 4.79 Å². The number of rotatable bonds is 5. The van der Waals surface area contributed by atoms with Crippen molar-refractivity contribution < 1.29 is 14.3 Å². The molecule has 1 unspecified atom stereocenters. The Labute approximate surface area is 154 Å². The zero-order valence-electron chi connectivity index (χ0n) is 15.4. The van der Waals surface area contributed by atoms with E-state index in [1.165, 1.54) is 17.2 Å². The molecular formula is C22H27NO3. The van der Waals surface area contributed by atoms with Crippen LogP contribution in [0.15, 0.2) is 36.4 Å². The minimum Gasteiger partial charge on any atom is -0.496 e. The zero-order valence-corrected chi connectivity index (χ0v) is 15.4. The van der Waals surface area contributed by atoms with E-state index in [2.05, 4.69) is 23.5 Å². The number of hydrogen-bond acceptors (Lipinski definition) is 3. The van der Waals surface area contributed by atoms with Gasteiger partial charge in [-0.1, -0.05) is 30.3 Å². The molecule has 2 aromatic carbocycles. The van der Waals surface area contributed by atoms with Gasteiger partial charge in [0.2, 0.25) is 5.91 Å². The fourth-order valence-electron chi connectivity index (χ4n) is 4.57. The van der Waals surface area contributed by atoms with Gasteiger partial charge in [0.15, 0.2) is 0 Å². The van der Waals surface area contributed by atoms with Crippen molar-refractivity contribution >= 4 is 16.7 Å². The van der Waals surface area contributed by atoms with Crippen LogP contribution in [0.5, 0.6) is 5.75 Å². The normalized spacial score (nSPS) is 21.3. The van der Waals surface area contributed by atoms with E-state index >= 15 is 0 Å². The van der Waals surface area contributed by atoms with E-state index in [-0.39, 0.29) is 5.91 Å². The molecule has 0 radical (unpaired) electrons. The minimum absolute atomic E-state index is 0.149. The van der Waals surface area contributed by atoms with E-state index in [9.17, 15) is 4.79 Å². The highest BCUT2D eigenvalue weighted by Gasteiger charge is 2.47. The molecule has 1 atom stereocenters. The number of carbonyl (C=O) groups excluding carboxylic acids is 1. The summed E-state index contributed by atoms with van der Waals surface area (Å²) in [6.07, 6.45) is 5.67. The second kappa shape index (κ2) is 7.28. The second-order valence-corrected chi connectivity index (χ2v) is 7.60. The number of carbonyl (C=O) groups is 1. The van der Waals surface area contributed by atoms with Crippen molar-refractivity contribution in [3.8, 4) is 5.75 Å². The standard InChI is InChI=1S/C22H27NO3/c1-25-19-8-6-16-4-2-3-5-17(16)18(19)7-9-21(24)23-20-10-11-22(20)12-14-26-15-13-22/h2-6,8,20H,7,9-15H2,1H3,(H,23,24). The Morgan fingerprint density at radius 1 is 1.19 bits per heavy atom. The molecule has 26 heavy (non-hydrogen) atoms. The first kappa shape index (κ1) is 17.3. The first-order chi connectivity index (χ1) is 12.7. The molecule has 1 aliphatic carbocycles. The van der Waals surface area contributed by atoms with Crippen LogP contribution in [0.2, 0.25) is 0 Å². The summed E-state index contributed by atoms with van der Waals surface area (Å²) in [6.45, 7) is 1.67. The lowest BCUT2D eigenvalue weighted by Gasteiger charge is -2.52. The third kappa shape index (κ3) is 3.18. The largest absolute Gasteiger partial charge is 0.496 e. The Hall–Kier alpha value is -2.07. The van der Waals surface area contributed by atoms with Crippen molar-refractivity contribution in [3.05, 3.63) is 42.0 Å². The molecule has 1 saturated heterocycles. The van der Waals surface area contributed by atoms with Crippen LogP contribution in [0.4, 0.5) is 0 Å². The molecule has 1 spiro atoms. The fraction of sp³-hybridized carbons (Fsp3) is 0.500. The quantitative estimate of drug-likeness (QED) is 0.888. The summed E-state index contributed by atoms with van der Waals surface area (Å²) < 4.78 is 11.0. The van der Waals surface area contributed by atoms with Crippen LogP contribution in [0.1, 0.15) is 37.7 Å². The smallest absolute Gasteiger partial charge is 0.220 e. The van der Waals surface area contributed by atoms with E-state index < -0.39 is 0 Å². The molecule has 4 nitrogen and oxygen atoms in total. The van der Waals surface area contributed by atoms with Gasteiger partial charge in [-0.2, -0.15) is 0 Å². The van der Waals surface area contributed by atoms with Gasteiger partial charge in [0.1, 0.15) is 5.75 Å². The van der Waals surface area contributed by atoms with E-state index in [1.807, 2.05) is 18.2 Å². The molecule has 4 heteroatoms. The summed E-state index contributed by atoms with van der Waals surface area (Å²) in [5.74, 6) is 1.01. The van der Waals surface area contributed by atoms with Gasteiger partial charge in [-0.25, -0.2) is 0 Å². The van der Waals surface area contributed by atoms with Crippen LogP contribution in [-0.2, 0) is 16.0 Å². The highest BCUT2D eigenvalue weighted by atomic mass is 16.5. The molecule has 2 aliphatic rings. The molecular weight excluding hydrogens is 326 g/mol. The average Bonchev–Trinajstić information content (AvgIpc) is 2.69. The molecule has 4 rings (SSSR count). The lowest BCUT2D eigenvalue weighted by molar-refractivity contribution is -0.127. The van der Waals surface area contributed by atoms with E-state index in [0.29, 0.717) is 24.3 Å². The average molecular weight is 353 g/mol. The predicted molar refractivity (Wildman–Crippen MR) is 102 cm³/mol. The Balaban J connectivity index is 1.43. The number of methoxy groups -OCH3 is 1.